The molecule has 0 fully saturated rings. The molecule has 2 atom stereocenters. The van der Waals surface area contributed by atoms with E-state index in [2.05, 4.69) is 16.2 Å². The lowest BCUT2D eigenvalue weighted by molar-refractivity contribution is 0.338. The molecule has 0 aliphatic heterocycles. The van der Waals surface area contributed by atoms with E-state index in [9.17, 15) is 5.26 Å². The van der Waals surface area contributed by atoms with Crippen LogP contribution in [0.25, 0.3) is 0 Å². The molecule has 30 heavy (non-hydrogen) atoms. The first-order valence-electron chi connectivity index (χ1n) is 9.83. The molecule has 0 spiro atoms. The number of benzene rings is 3. The van der Waals surface area contributed by atoms with Crippen LogP contribution in [-0.2, 0) is 11.8 Å². The summed E-state index contributed by atoms with van der Waals surface area (Å²) in [6.07, 6.45) is 4.56. The van der Waals surface area contributed by atoms with E-state index in [1.54, 1.807) is 11.0 Å². The summed E-state index contributed by atoms with van der Waals surface area (Å²) < 4.78 is 1.80. The van der Waals surface area contributed by atoms with Crippen LogP contribution < -0.4 is 0 Å². The van der Waals surface area contributed by atoms with Crippen LogP contribution in [0, 0.1) is 11.3 Å². The van der Waals surface area contributed by atoms with E-state index in [4.69, 9.17) is 11.6 Å². The van der Waals surface area contributed by atoms with Crippen LogP contribution in [0.15, 0.2) is 97.6 Å². The van der Waals surface area contributed by atoms with Crippen molar-refractivity contribution in [1.82, 2.24) is 14.8 Å². The fourth-order valence-electron chi connectivity index (χ4n) is 4.00. The van der Waals surface area contributed by atoms with Crippen LogP contribution >= 0.6 is 11.6 Å². The van der Waals surface area contributed by atoms with Crippen LogP contribution in [0.4, 0.5) is 0 Å². The van der Waals surface area contributed by atoms with Crippen LogP contribution in [0.2, 0.25) is 5.02 Å². The van der Waals surface area contributed by atoms with Crippen molar-refractivity contribution in [2.24, 2.45) is 0 Å². The summed E-state index contributed by atoms with van der Waals surface area (Å²) >= 11 is 6.05. The third-order valence-electron chi connectivity index (χ3n) is 5.49. The second kappa shape index (κ2) is 8.94. The van der Waals surface area contributed by atoms with E-state index in [1.165, 1.54) is 6.33 Å². The molecule has 5 heteroatoms. The van der Waals surface area contributed by atoms with Crippen molar-refractivity contribution in [2.45, 2.75) is 24.3 Å². The maximum absolute atomic E-state index is 10.7. The lowest BCUT2D eigenvalue weighted by Gasteiger charge is -2.36. The molecule has 0 radical (unpaired) electrons. The zero-order valence-corrected chi connectivity index (χ0v) is 17.2. The normalized spacial score (nSPS) is 13.9. The van der Waals surface area contributed by atoms with Crippen molar-refractivity contribution in [1.29, 1.82) is 5.26 Å². The first-order valence-corrected chi connectivity index (χ1v) is 10.2. The van der Waals surface area contributed by atoms with Gasteiger partial charge in [0.05, 0.1) is 6.07 Å². The van der Waals surface area contributed by atoms with E-state index in [1.807, 2.05) is 84.9 Å². The van der Waals surface area contributed by atoms with Gasteiger partial charge in [0.15, 0.2) is 0 Å². The highest BCUT2D eigenvalue weighted by Crippen LogP contribution is 2.43. The van der Waals surface area contributed by atoms with Crippen molar-refractivity contribution in [3.8, 4) is 6.07 Å². The maximum Gasteiger partial charge on any atom is 0.137 e. The maximum atomic E-state index is 10.7. The Kier molecular flexibility index (Phi) is 5.92. The minimum absolute atomic E-state index is 0.319. The molecular formula is C25H21ClN4. The Hall–Kier alpha value is -3.42. The minimum Gasteiger partial charge on any atom is -0.244 e. The topological polar surface area (TPSA) is 54.5 Å². The van der Waals surface area contributed by atoms with Gasteiger partial charge in [0.2, 0.25) is 0 Å². The number of nitrogens with zero attached hydrogens (tertiary/aromatic N) is 4. The summed E-state index contributed by atoms with van der Waals surface area (Å²) in [4.78, 5) is 4.17. The largest absolute Gasteiger partial charge is 0.244 e. The molecule has 0 saturated carbocycles. The quantitative estimate of drug-likeness (QED) is 0.396. The van der Waals surface area contributed by atoms with Crippen LogP contribution in [-0.4, -0.2) is 14.8 Å². The van der Waals surface area contributed by atoms with Gasteiger partial charge in [-0.15, -0.1) is 0 Å². The van der Waals surface area contributed by atoms with Gasteiger partial charge >= 0.3 is 0 Å². The fourth-order valence-corrected chi connectivity index (χ4v) is 4.12. The average Bonchev–Trinajstić information content (AvgIpc) is 3.33. The highest BCUT2D eigenvalue weighted by molar-refractivity contribution is 6.30. The number of nitriles is 1. The molecule has 0 aliphatic carbocycles. The van der Waals surface area contributed by atoms with Gasteiger partial charge in [-0.05, 0) is 41.7 Å². The van der Waals surface area contributed by atoms with E-state index in [-0.39, 0.29) is 6.04 Å². The van der Waals surface area contributed by atoms with Crippen LogP contribution in [0.5, 0.6) is 0 Å². The summed E-state index contributed by atoms with van der Waals surface area (Å²) in [6, 6.07) is 30.2. The van der Waals surface area contributed by atoms with E-state index in [0.29, 0.717) is 11.4 Å². The summed E-state index contributed by atoms with van der Waals surface area (Å²) in [5, 5.41) is 15.8. The predicted octanol–water partition coefficient (Wildman–Crippen LogP) is 5.62. The summed E-state index contributed by atoms with van der Waals surface area (Å²) in [5.41, 5.74) is 2.28. The first kappa shape index (κ1) is 19.9. The zero-order chi connectivity index (χ0) is 20.8. The van der Waals surface area contributed by atoms with E-state index < -0.39 is 5.41 Å². The smallest absolute Gasteiger partial charge is 0.137 e. The Labute approximate surface area is 181 Å². The van der Waals surface area contributed by atoms with Crippen molar-refractivity contribution in [3.63, 3.8) is 0 Å². The average molecular weight is 413 g/mol. The van der Waals surface area contributed by atoms with Gasteiger partial charge < -0.3 is 0 Å². The molecule has 0 aliphatic rings. The molecule has 2 unspecified atom stereocenters. The number of hydrogen-bond acceptors (Lipinski definition) is 3. The molecule has 1 heterocycles. The number of hydrogen-bond donors (Lipinski definition) is 0. The van der Waals surface area contributed by atoms with Crippen molar-refractivity contribution < 1.29 is 0 Å². The Bertz CT molecular complexity index is 1100. The third-order valence-corrected chi connectivity index (χ3v) is 5.74. The lowest BCUT2D eigenvalue weighted by Crippen LogP contribution is -2.37. The predicted molar refractivity (Wildman–Crippen MR) is 118 cm³/mol. The van der Waals surface area contributed by atoms with Crippen LogP contribution in [0.3, 0.4) is 0 Å². The molecule has 4 nitrogen and oxygen atoms in total. The third kappa shape index (κ3) is 3.98. The lowest BCUT2D eigenvalue weighted by atomic mass is 9.69. The van der Waals surface area contributed by atoms with Gasteiger partial charge in [-0.2, -0.15) is 10.4 Å². The Morgan fingerprint density at radius 2 is 1.60 bits per heavy atom. The Morgan fingerprint density at radius 1 is 0.933 bits per heavy atom. The Balaban J connectivity index is 1.84. The van der Waals surface area contributed by atoms with Gasteiger partial charge in [0, 0.05) is 5.02 Å². The second-order valence-corrected chi connectivity index (χ2v) is 7.70. The van der Waals surface area contributed by atoms with Crippen LogP contribution in [0.1, 0.15) is 29.2 Å². The molecule has 0 amide bonds. The van der Waals surface area contributed by atoms with Crippen molar-refractivity contribution in [3.05, 3.63) is 119 Å². The number of aromatic nitrogens is 3. The first-order chi connectivity index (χ1) is 14.7. The molecule has 4 rings (SSSR count). The number of rotatable bonds is 7. The fraction of sp³-hybridized carbons (Fsp3) is 0.160. The minimum atomic E-state index is -0.837. The van der Waals surface area contributed by atoms with Crippen molar-refractivity contribution in [2.75, 3.05) is 0 Å². The summed E-state index contributed by atoms with van der Waals surface area (Å²) in [5.74, 6) is 0. The van der Waals surface area contributed by atoms with Gasteiger partial charge in [0.1, 0.15) is 24.1 Å². The highest BCUT2D eigenvalue weighted by Gasteiger charge is 2.43. The van der Waals surface area contributed by atoms with Gasteiger partial charge in [-0.3, -0.25) is 0 Å². The highest BCUT2D eigenvalue weighted by atomic mass is 35.5. The van der Waals surface area contributed by atoms with E-state index in [0.717, 1.165) is 23.1 Å². The van der Waals surface area contributed by atoms with E-state index >= 15 is 0 Å². The summed E-state index contributed by atoms with van der Waals surface area (Å²) in [6.45, 7) is 0. The summed E-state index contributed by atoms with van der Waals surface area (Å²) in [7, 11) is 0. The zero-order valence-electron chi connectivity index (χ0n) is 16.4. The standard InChI is InChI=1S/C25H21ClN4/c26-23-13-11-20(12-14-23)15-16-25(17-27,22-9-5-2-6-10-22)24(30-19-28-18-29-30)21-7-3-1-4-8-21/h1-14,18-19,24H,15-16H2. The Morgan fingerprint density at radius 3 is 2.20 bits per heavy atom. The second-order valence-electron chi connectivity index (χ2n) is 7.26. The number of halogens is 1. The van der Waals surface area contributed by atoms with Gasteiger partial charge in [-0.25, -0.2) is 9.67 Å². The molecule has 3 aromatic carbocycles. The molecule has 0 N–H and O–H groups in total. The van der Waals surface area contributed by atoms with Crippen molar-refractivity contribution >= 4 is 11.6 Å². The van der Waals surface area contributed by atoms with Gasteiger partial charge in [0.25, 0.3) is 0 Å². The molecule has 148 valence electrons. The molecule has 4 aromatic rings. The molecule has 0 saturated heterocycles. The molecular weight excluding hydrogens is 392 g/mol. The number of aryl methyl sites for hydroxylation is 1. The van der Waals surface area contributed by atoms with Gasteiger partial charge in [-0.1, -0.05) is 84.4 Å². The molecule has 1 aromatic heterocycles. The SMILES string of the molecule is N#CC(CCc1ccc(Cl)cc1)(c1ccccc1)C(c1ccccc1)n1cncn1. The molecule has 0 bridgehead atoms. The monoisotopic (exact) mass is 412 g/mol.